The zero-order valence-electron chi connectivity index (χ0n) is 27.3. The predicted octanol–water partition coefficient (Wildman–Crippen LogP) is 8.26. The Labute approximate surface area is 284 Å². The molecule has 0 saturated carbocycles. The van der Waals surface area contributed by atoms with Gasteiger partial charge in [0, 0.05) is 10.6 Å². The molecule has 0 unspecified atom stereocenters. The van der Waals surface area contributed by atoms with Gasteiger partial charge in [0.25, 0.3) is 0 Å². The normalized spacial score (nSPS) is 21.1. The molecule has 1 aliphatic rings. The van der Waals surface area contributed by atoms with Gasteiger partial charge in [0.2, 0.25) is 0 Å². The third kappa shape index (κ3) is 11.4. The lowest BCUT2D eigenvalue weighted by molar-refractivity contribution is -0.331. The number of thioether (sulfide) groups is 1. The lowest BCUT2D eigenvalue weighted by atomic mass is 9.97. The first-order valence-corrected chi connectivity index (χ1v) is 17.2. The highest BCUT2D eigenvalue weighted by atomic mass is 32.2. The van der Waals surface area contributed by atoms with Gasteiger partial charge in [-0.2, -0.15) is 0 Å². The molecule has 5 rings (SSSR count). The smallest absolute Gasteiger partial charge is 0.187 e. The molecule has 1 heterocycles. The molecule has 7 heteroatoms. The summed E-state index contributed by atoms with van der Waals surface area (Å²) < 4.78 is 39.4. The van der Waals surface area contributed by atoms with Crippen LogP contribution in [0, 0.1) is 0 Å². The first-order valence-electron chi connectivity index (χ1n) is 16.2. The molecule has 248 valence electrons. The van der Waals surface area contributed by atoms with Gasteiger partial charge < -0.3 is 28.4 Å². The van der Waals surface area contributed by atoms with Crippen molar-refractivity contribution in [3.8, 4) is 0 Å². The van der Waals surface area contributed by atoms with E-state index in [9.17, 15) is 0 Å². The van der Waals surface area contributed by atoms with Gasteiger partial charge in [0.1, 0.15) is 24.4 Å². The van der Waals surface area contributed by atoms with Gasteiger partial charge in [-0.25, -0.2) is 0 Å². The van der Waals surface area contributed by atoms with Crippen LogP contribution < -0.4 is 0 Å². The van der Waals surface area contributed by atoms with Crippen molar-refractivity contribution in [2.45, 2.75) is 75.4 Å². The summed E-state index contributed by atoms with van der Waals surface area (Å²) in [4.78, 5) is 1.19. The predicted molar refractivity (Wildman–Crippen MR) is 187 cm³/mol. The first-order chi connectivity index (χ1) is 23.0. The Bertz CT molecular complexity index is 1440. The van der Waals surface area contributed by atoms with Crippen molar-refractivity contribution in [1.29, 1.82) is 0 Å². The van der Waals surface area contributed by atoms with Gasteiger partial charge in [0.15, 0.2) is 6.29 Å². The Balaban J connectivity index is 1.37. The van der Waals surface area contributed by atoms with Gasteiger partial charge in [0.05, 0.1) is 39.1 Å². The van der Waals surface area contributed by atoms with Crippen molar-refractivity contribution in [2.24, 2.45) is 0 Å². The minimum absolute atomic E-state index is 0.106. The summed E-state index contributed by atoms with van der Waals surface area (Å²) in [5.41, 5.74) is 4.16. The maximum absolute atomic E-state index is 6.75. The zero-order chi connectivity index (χ0) is 32.7. The monoisotopic (exact) mass is 654 g/mol. The molecule has 0 N–H and O–H groups in total. The number of benzene rings is 4. The van der Waals surface area contributed by atoms with E-state index < -0.39 is 30.7 Å². The summed E-state index contributed by atoms with van der Waals surface area (Å²) in [6.07, 6.45) is -2.87. The molecule has 1 aliphatic heterocycles. The quantitative estimate of drug-likeness (QED) is 0.0791. The molecule has 0 aromatic heterocycles. The molecule has 0 amide bonds. The van der Waals surface area contributed by atoms with Gasteiger partial charge in [-0.3, -0.25) is 0 Å². The SMILES string of the molecule is C=C(CO[C@H]1[C@H](OC(C)C)O[C@H](COCc2ccccc2)[C@@H](OCc2ccccc2)[C@@H]1OCc1ccccc1)CSc1ccccc1. The van der Waals surface area contributed by atoms with Crippen molar-refractivity contribution in [3.63, 3.8) is 0 Å². The van der Waals surface area contributed by atoms with E-state index in [0.717, 1.165) is 28.0 Å². The van der Waals surface area contributed by atoms with E-state index in [1.165, 1.54) is 4.90 Å². The number of hydrogen-bond acceptors (Lipinski definition) is 7. The van der Waals surface area contributed by atoms with Gasteiger partial charge >= 0.3 is 0 Å². The number of hydrogen-bond donors (Lipinski definition) is 0. The van der Waals surface area contributed by atoms with Crippen LogP contribution in [0.1, 0.15) is 30.5 Å². The molecular weight excluding hydrogens is 609 g/mol. The number of rotatable bonds is 18. The molecule has 4 aromatic rings. The van der Waals surface area contributed by atoms with E-state index >= 15 is 0 Å². The van der Waals surface area contributed by atoms with Crippen LogP contribution in [0.15, 0.2) is 138 Å². The first kappa shape index (κ1) is 35.0. The fourth-order valence-electron chi connectivity index (χ4n) is 5.32. The Morgan fingerprint density at radius 1 is 0.660 bits per heavy atom. The van der Waals surface area contributed by atoms with Gasteiger partial charge in [-0.05, 0) is 48.2 Å². The third-order valence-electron chi connectivity index (χ3n) is 7.63. The third-order valence-corrected chi connectivity index (χ3v) is 8.79. The molecule has 6 nitrogen and oxygen atoms in total. The maximum Gasteiger partial charge on any atom is 0.187 e. The van der Waals surface area contributed by atoms with Crippen LogP contribution in [0.25, 0.3) is 0 Å². The van der Waals surface area contributed by atoms with Crippen LogP contribution in [-0.4, -0.2) is 55.8 Å². The molecule has 4 aromatic carbocycles. The fraction of sp³-hybridized carbons (Fsp3) is 0.350. The molecule has 47 heavy (non-hydrogen) atoms. The fourth-order valence-corrected chi connectivity index (χ4v) is 6.12. The second-order valence-electron chi connectivity index (χ2n) is 11.9. The molecule has 1 fully saturated rings. The molecule has 0 aliphatic carbocycles. The lowest BCUT2D eigenvalue weighted by Gasteiger charge is -2.46. The minimum Gasteiger partial charge on any atom is -0.374 e. The molecule has 0 radical (unpaired) electrons. The minimum atomic E-state index is -0.702. The average Bonchev–Trinajstić information content (AvgIpc) is 3.10. The van der Waals surface area contributed by atoms with Crippen LogP contribution in [0.5, 0.6) is 0 Å². The second kappa shape index (κ2) is 18.9. The summed E-state index contributed by atoms with van der Waals surface area (Å²) in [6, 6.07) is 40.7. The summed E-state index contributed by atoms with van der Waals surface area (Å²) in [5, 5.41) is 0. The standard InChI is InChI=1S/C40H46O6S/c1-30(2)45-40-39(42-24-31(3)29-47-35-22-14-7-15-23-35)38(44-27-34-20-12-6-13-21-34)37(43-26-33-18-10-5-11-19-33)36(46-40)28-41-25-32-16-8-4-9-17-32/h4-23,30,36-40H,3,24-29H2,1-2H3/t36-,37-,38+,39-,40-/m1/s1. The Hall–Kier alpha value is -3.27. The van der Waals surface area contributed by atoms with Crippen molar-refractivity contribution in [1.82, 2.24) is 0 Å². The molecular formula is C40H46O6S. The van der Waals surface area contributed by atoms with Gasteiger partial charge in [-0.1, -0.05) is 116 Å². The van der Waals surface area contributed by atoms with E-state index in [1.54, 1.807) is 11.8 Å². The molecule has 0 bridgehead atoms. The van der Waals surface area contributed by atoms with Crippen LogP contribution >= 0.6 is 11.8 Å². The maximum atomic E-state index is 6.75. The van der Waals surface area contributed by atoms with E-state index in [-0.39, 0.29) is 6.10 Å². The van der Waals surface area contributed by atoms with Crippen molar-refractivity contribution in [3.05, 3.63) is 150 Å². The van der Waals surface area contributed by atoms with E-state index in [0.29, 0.717) is 33.0 Å². The van der Waals surface area contributed by atoms with Crippen molar-refractivity contribution < 1.29 is 28.4 Å². The lowest BCUT2D eigenvalue weighted by Crippen LogP contribution is -2.62. The van der Waals surface area contributed by atoms with E-state index in [1.807, 2.05) is 98.8 Å². The highest BCUT2D eigenvalue weighted by Gasteiger charge is 2.49. The summed E-state index contributed by atoms with van der Waals surface area (Å²) in [6.45, 7) is 10.2. The van der Waals surface area contributed by atoms with Gasteiger partial charge in [-0.15, -0.1) is 11.8 Å². The Morgan fingerprint density at radius 3 is 1.72 bits per heavy atom. The van der Waals surface area contributed by atoms with Crippen LogP contribution in [0.2, 0.25) is 0 Å². The van der Waals surface area contributed by atoms with Crippen LogP contribution in [-0.2, 0) is 48.2 Å². The van der Waals surface area contributed by atoms with E-state index in [4.69, 9.17) is 28.4 Å². The van der Waals surface area contributed by atoms with Crippen LogP contribution in [0.3, 0.4) is 0 Å². The zero-order valence-corrected chi connectivity index (χ0v) is 28.1. The molecule has 0 spiro atoms. The highest BCUT2D eigenvalue weighted by Crippen LogP contribution is 2.32. The summed E-state index contributed by atoms with van der Waals surface area (Å²) in [7, 11) is 0. The van der Waals surface area contributed by atoms with E-state index in [2.05, 4.69) is 43.0 Å². The average molecular weight is 655 g/mol. The molecule has 1 saturated heterocycles. The number of ether oxygens (including phenoxy) is 6. The highest BCUT2D eigenvalue weighted by molar-refractivity contribution is 7.99. The Kier molecular flexibility index (Phi) is 14.1. The summed E-state index contributed by atoms with van der Waals surface area (Å²) >= 11 is 1.73. The molecule has 5 atom stereocenters. The van der Waals surface area contributed by atoms with Crippen molar-refractivity contribution >= 4 is 11.8 Å². The van der Waals surface area contributed by atoms with Crippen molar-refractivity contribution in [2.75, 3.05) is 19.0 Å². The largest absolute Gasteiger partial charge is 0.374 e. The topological polar surface area (TPSA) is 55.4 Å². The van der Waals surface area contributed by atoms with Crippen LogP contribution in [0.4, 0.5) is 0 Å². The second-order valence-corrected chi connectivity index (χ2v) is 12.9. The Morgan fingerprint density at radius 2 is 1.17 bits per heavy atom. The summed E-state index contributed by atoms with van der Waals surface area (Å²) in [5.74, 6) is 0.729.